The topological polar surface area (TPSA) is 23.5 Å². The minimum absolute atomic E-state index is 0.0472. The minimum atomic E-state index is -0.0472. The van der Waals surface area contributed by atoms with Crippen molar-refractivity contribution in [3.63, 3.8) is 0 Å². The number of aliphatic hydroxyl groups is 1. The van der Waals surface area contributed by atoms with Gasteiger partial charge in [0.1, 0.15) is 0 Å². The summed E-state index contributed by atoms with van der Waals surface area (Å²) in [7, 11) is 0. The first-order chi connectivity index (χ1) is 5.81. The van der Waals surface area contributed by atoms with E-state index < -0.39 is 0 Å². The maximum absolute atomic E-state index is 9.52. The maximum atomic E-state index is 9.52. The molecule has 2 atom stereocenters. The van der Waals surface area contributed by atoms with Crippen LogP contribution in [0.4, 0.5) is 0 Å². The van der Waals surface area contributed by atoms with Crippen LogP contribution in [0.25, 0.3) is 0 Å². The van der Waals surface area contributed by atoms with E-state index >= 15 is 0 Å². The van der Waals surface area contributed by atoms with Crippen molar-refractivity contribution in [1.29, 1.82) is 0 Å². The molecule has 0 aromatic rings. The summed E-state index contributed by atoms with van der Waals surface area (Å²) < 4.78 is 0. The van der Waals surface area contributed by atoms with Crippen molar-refractivity contribution >= 4 is 11.6 Å². The average Bonchev–Trinajstić information content (AvgIpc) is 2.32. The van der Waals surface area contributed by atoms with Crippen LogP contribution >= 0.6 is 11.6 Å². The van der Waals surface area contributed by atoms with Crippen LogP contribution in [0.15, 0.2) is 0 Å². The number of halogens is 1. The van der Waals surface area contributed by atoms with E-state index in [2.05, 4.69) is 4.90 Å². The van der Waals surface area contributed by atoms with Crippen LogP contribution < -0.4 is 0 Å². The summed E-state index contributed by atoms with van der Waals surface area (Å²) in [4.78, 5) is 2.49. The van der Waals surface area contributed by atoms with Gasteiger partial charge in [-0.05, 0) is 25.7 Å². The second-order valence-corrected chi connectivity index (χ2v) is 4.31. The molecule has 2 aliphatic rings. The van der Waals surface area contributed by atoms with E-state index in [1.165, 1.54) is 12.8 Å². The summed E-state index contributed by atoms with van der Waals surface area (Å²) in [5.74, 6) is 0.725. The highest BCUT2D eigenvalue weighted by atomic mass is 35.5. The molecule has 3 heteroatoms. The van der Waals surface area contributed by atoms with Gasteiger partial charge >= 0.3 is 0 Å². The Bertz CT molecular complexity index is 151. The fourth-order valence-electron chi connectivity index (χ4n) is 2.71. The maximum Gasteiger partial charge on any atom is 0.0570 e. The Labute approximate surface area is 78.5 Å². The number of aliphatic hydroxyl groups excluding tert-OH is 1. The fourth-order valence-corrected chi connectivity index (χ4v) is 2.90. The normalized spacial score (nSPS) is 42.0. The first-order valence-electron chi connectivity index (χ1n) is 4.81. The zero-order valence-corrected chi connectivity index (χ0v) is 8.00. The molecule has 2 heterocycles. The van der Waals surface area contributed by atoms with Gasteiger partial charge in [0, 0.05) is 24.5 Å². The van der Waals surface area contributed by atoms with Gasteiger partial charge in [0.15, 0.2) is 0 Å². The van der Waals surface area contributed by atoms with Crippen LogP contribution in [-0.2, 0) is 0 Å². The Balaban J connectivity index is 1.99. The lowest BCUT2D eigenvalue weighted by atomic mass is 10.0. The molecule has 70 valence electrons. The van der Waals surface area contributed by atoms with Gasteiger partial charge in [-0.3, -0.25) is 4.90 Å². The van der Waals surface area contributed by atoms with E-state index in [9.17, 15) is 5.11 Å². The predicted molar refractivity (Wildman–Crippen MR) is 49.5 cm³/mol. The summed E-state index contributed by atoms with van der Waals surface area (Å²) in [6.45, 7) is 1.00. The van der Waals surface area contributed by atoms with Crippen LogP contribution in [-0.4, -0.2) is 40.6 Å². The minimum Gasteiger partial charge on any atom is -0.393 e. The Morgan fingerprint density at radius 3 is 2.33 bits per heavy atom. The lowest BCUT2D eigenvalue weighted by Gasteiger charge is -2.36. The third-order valence-electron chi connectivity index (χ3n) is 3.20. The van der Waals surface area contributed by atoms with Gasteiger partial charge in [-0.25, -0.2) is 0 Å². The van der Waals surface area contributed by atoms with Gasteiger partial charge < -0.3 is 5.11 Å². The van der Waals surface area contributed by atoms with Crippen molar-refractivity contribution in [2.45, 2.75) is 43.9 Å². The summed E-state index contributed by atoms with van der Waals surface area (Å²) in [5, 5.41) is 9.52. The molecule has 0 saturated carbocycles. The molecule has 2 bridgehead atoms. The smallest absolute Gasteiger partial charge is 0.0570 e. The lowest BCUT2D eigenvalue weighted by Crippen LogP contribution is -2.45. The molecule has 0 aliphatic carbocycles. The summed E-state index contributed by atoms with van der Waals surface area (Å²) in [5.41, 5.74) is 0. The Kier molecular flexibility index (Phi) is 2.58. The number of nitrogens with zero attached hydrogens (tertiary/aromatic N) is 1. The largest absolute Gasteiger partial charge is 0.393 e. The number of hydrogen-bond donors (Lipinski definition) is 1. The van der Waals surface area contributed by atoms with E-state index in [1.54, 1.807) is 0 Å². The first kappa shape index (κ1) is 8.79. The van der Waals surface area contributed by atoms with E-state index in [-0.39, 0.29) is 6.10 Å². The van der Waals surface area contributed by atoms with Crippen molar-refractivity contribution < 1.29 is 5.11 Å². The van der Waals surface area contributed by atoms with Crippen LogP contribution in [0.5, 0.6) is 0 Å². The van der Waals surface area contributed by atoms with Crippen molar-refractivity contribution in [2.24, 2.45) is 0 Å². The summed E-state index contributed by atoms with van der Waals surface area (Å²) >= 11 is 5.73. The standard InChI is InChI=1S/C9H16ClNO/c10-3-4-11-7-1-2-8(11)6-9(12)5-7/h7-9,12H,1-6H2. The zero-order valence-electron chi connectivity index (χ0n) is 7.25. The highest BCUT2D eigenvalue weighted by Crippen LogP contribution is 2.35. The SMILES string of the molecule is OC1CC2CCC(C1)N2CCCl. The van der Waals surface area contributed by atoms with Gasteiger partial charge in [0.05, 0.1) is 6.10 Å². The van der Waals surface area contributed by atoms with Crippen molar-refractivity contribution in [2.75, 3.05) is 12.4 Å². The molecule has 1 N–H and O–H groups in total. The molecule has 0 aromatic carbocycles. The Morgan fingerprint density at radius 1 is 1.25 bits per heavy atom. The number of hydrogen-bond acceptors (Lipinski definition) is 2. The van der Waals surface area contributed by atoms with Crippen LogP contribution in [0.1, 0.15) is 25.7 Å². The molecule has 2 rings (SSSR count). The molecule has 2 fully saturated rings. The number of alkyl halides is 1. The third kappa shape index (κ3) is 1.48. The van der Waals surface area contributed by atoms with E-state index in [0.29, 0.717) is 12.1 Å². The summed E-state index contributed by atoms with van der Waals surface area (Å²) in [6.07, 6.45) is 4.41. The molecule has 2 nitrogen and oxygen atoms in total. The molecule has 12 heavy (non-hydrogen) atoms. The number of piperidine rings is 1. The molecule has 0 radical (unpaired) electrons. The average molecular weight is 190 g/mol. The van der Waals surface area contributed by atoms with Gasteiger partial charge in [-0.1, -0.05) is 0 Å². The molecular weight excluding hydrogens is 174 g/mol. The quantitative estimate of drug-likeness (QED) is 0.661. The highest BCUT2D eigenvalue weighted by Gasteiger charge is 2.39. The van der Waals surface area contributed by atoms with E-state index in [0.717, 1.165) is 25.3 Å². The van der Waals surface area contributed by atoms with Gasteiger partial charge in [-0.15, -0.1) is 11.6 Å². The molecule has 2 saturated heterocycles. The molecular formula is C9H16ClNO. The van der Waals surface area contributed by atoms with Gasteiger partial charge in [0.25, 0.3) is 0 Å². The van der Waals surface area contributed by atoms with E-state index in [1.807, 2.05) is 0 Å². The van der Waals surface area contributed by atoms with Crippen LogP contribution in [0, 0.1) is 0 Å². The Morgan fingerprint density at radius 2 is 1.83 bits per heavy atom. The number of rotatable bonds is 2. The van der Waals surface area contributed by atoms with Gasteiger partial charge in [-0.2, -0.15) is 0 Å². The van der Waals surface area contributed by atoms with Crippen molar-refractivity contribution in [3.8, 4) is 0 Å². The highest BCUT2D eigenvalue weighted by molar-refractivity contribution is 6.18. The molecule has 0 aromatic heterocycles. The summed E-state index contributed by atoms with van der Waals surface area (Å²) in [6, 6.07) is 1.25. The lowest BCUT2D eigenvalue weighted by molar-refractivity contribution is 0.0391. The first-order valence-corrected chi connectivity index (χ1v) is 5.34. The Hall–Kier alpha value is 0.210. The molecule has 0 spiro atoms. The molecule has 0 amide bonds. The van der Waals surface area contributed by atoms with Crippen LogP contribution in [0.3, 0.4) is 0 Å². The van der Waals surface area contributed by atoms with Crippen molar-refractivity contribution in [3.05, 3.63) is 0 Å². The van der Waals surface area contributed by atoms with Crippen LogP contribution in [0.2, 0.25) is 0 Å². The fraction of sp³-hybridized carbons (Fsp3) is 1.00. The van der Waals surface area contributed by atoms with Crippen molar-refractivity contribution in [1.82, 2.24) is 4.90 Å². The number of fused-ring (bicyclic) bond motifs is 2. The van der Waals surface area contributed by atoms with Gasteiger partial charge in [0.2, 0.25) is 0 Å². The second-order valence-electron chi connectivity index (χ2n) is 3.94. The zero-order chi connectivity index (χ0) is 8.55. The van der Waals surface area contributed by atoms with E-state index in [4.69, 9.17) is 11.6 Å². The predicted octanol–water partition coefficient (Wildman–Crippen LogP) is 1.21. The molecule has 2 aliphatic heterocycles. The third-order valence-corrected chi connectivity index (χ3v) is 3.37. The molecule has 2 unspecified atom stereocenters. The second kappa shape index (κ2) is 3.52. The monoisotopic (exact) mass is 189 g/mol.